The van der Waals surface area contributed by atoms with Gasteiger partial charge in [0.05, 0.1) is 9.95 Å². The third kappa shape index (κ3) is 4.76. The number of nitrogen functional groups attached to an aromatic ring is 1. The maximum Gasteiger partial charge on any atom is 0.271 e. The number of rotatable bonds is 6. The molecule has 27 heavy (non-hydrogen) atoms. The predicted octanol–water partition coefficient (Wildman–Crippen LogP) is 3.48. The van der Waals surface area contributed by atoms with E-state index in [1.807, 2.05) is 0 Å². The van der Waals surface area contributed by atoms with Crippen LogP contribution in [0.15, 0.2) is 42.5 Å². The van der Waals surface area contributed by atoms with Gasteiger partial charge < -0.3 is 15.8 Å². The lowest BCUT2D eigenvalue weighted by molar-refractivity contribution is -0.384. The molecule has 0 fully saturated rings. The van der Waals surface area contributed by atoms with Gasteiger partial charge in [-0.2, -0.15) is 15.0 Å². The molecule has 3 N–H and O–H groups in total. The molecule has 11 heteroatoms. The number of nitrogens with two attached hydrogens (primary N) is 1. The van der Waals surface area contributed by atoms with E-state index < -0.39 is 4.92 Å². The summed E-state index contributed by atoms with van der Waals surface area (Å²) in [7, 11) is 0. The van der Waals surface area contributed by atoms with Crippen molar-refractivity contribution in [2.45, 2.75) is 6.61 Å². The zero-order valence-electron chi connectivity index (χ0n) is 13.6. The van der Waals surface area contributed by atoms with Gasteiger partial charge in [-0.25, -0.2) is 4.39 Å². The minimum atomic E-state index is -0.560. The molecule has 0 spiro atoms. The zero-order valence-corrected chi connectivity index (χ0v) is 14.4. The highest BCUT2D eigenvalue weighted by Crippen LogP contribution is 2.29. The molecular weight excluding hydrogens is 379 g/mol. The summed E-state index contributed by atoms with van der Waals surface area (Å²) < 4.78 is 18.5. The highest BCUT2D eigenvalue weighted by atomic mass is 35.5. The molecular formula is C16H12ClFN6O3. The summed E-state index contributed by atoms with van der Waals surface area (Å²) in [6, 6.07) is 9.43. The van der Waals surface area contributed by atoms with Crippen LogP contribution in [0.1, 0.15) is 5.82 Å². The summed E-state index contributed by atoms with van der Waals surface area (Å²) in [4.78, 5) is 22.2. The molecule has 0 radical (unpaired) electrons. The molecule has 138 valence electrons. The van der Waals surface area contributed by atoms with Crippen LogP contribution in [0.4, 0.5) is 27.7 Å². The number of hydrogen-bond acceptors (Lipinski definition) is 8. The first-order valence-electron chi connectivity index (χ1n) is 7.50. The summed E-state index contributed by atoms with van der Waals surface area (Å²) >= 11 is 5.97. The Morgan fingerprint density at radius 2 is 1.93 bits per heavy atom. The van der Waals surface area contributed by atoms with Gasteiger partial charge in [-0.3, -0.25) is 10.1 Å². The normalized spacial score (nSPS) is 10.4. The van der Waals surface area contributed by atoms with Gasteiger partial charge in [0, 0.05) is 17.8 Å². The second-order valence-electron chi connectivity index (χ2n) is 5.23. The number of nitrogens with zero attached hydrogens (tertiary/aromatic N) is 4. The highest BCUT2D eigenvalue weighted by molar-refractivity contribution is 6.32. The van der Waals surface area contributed by atoms with Crippen molar-refractivity contribution in [2.24, 2.45) is 0 Å². The Kier molecular flexibility index (Phi) is 5.27. The number of benzene rings is 2. The Labute approximate surface area is 157 Å². The number of halogens is 2. The summed E-state index contributed by atoms with van der Waals surface area (Å²) in [6.07, 6.45) is 0. The van der Waals surface area contributed by atoms with E-state index in [9.17, 15) is 14.5 Å². The molecule has 0 unspecified atom stereocenters. The topological polar surface area (TPSA) is 129 Å². The van der Waals surface area contributed by atoms with Crippen LogP contribution in [-0.2, 0) is 6.61 Å². The largest absolute Gasteiger partial charge is 0.484 e. The van der Waals surface area contributed by atoms with Crippen LogP contribution < -0.4 is 15.8 Å². The maximum absolute atomic E-state index is 13.0. The van der Waals surface area contributed by atoms with Crippen molar-refractivity contribution in [3.8, 4) is 5.75 Å². The van der Waals surface area contributed by atoms with E-state index in [-0.39, 0.29) is 46.6 Å². The molecule has 3 rings (SSSR count). The van der Waals surface area contributed by atoms with E-state index in [0.29, 0.717) is 5.69 Å². The smallest absolute Gasteiger partial charge is 0.271 e. The zero-order chi connectivity index (χ0) is 19.4. The number of nitro groups is 1. The first-order valence-corrected chi connectivity index (χ1v) is 7.88. The second-order valence-corrected chi connectivity index (χ2v) is 5.63. The standard InChI is InChI=1S/C16H12ClFN6O3/c17-12-7-11(24(25)26)5-6-13(12)27-8-14-21-15(19)23-16(22-14)20-10-3-1-9(18)2-4-10/h1-7H,8H2,(H3,19,20,21,22,23). The van der Waals surface area contributed by atoms with Crippen LogP contribution in [0.25, 0.3) is 0 Å². The molecule has 0 aliphatic rings. The monoisotopic (exact) mass is 390 g/mol. The molecule has 0 amide bonds. The Bertz CT molecular complexity index is 986. The number of non-ortho nitro benzene ring substituents is 1. The molecule has 0 saturated carbocycles. The Balaban J connectivity index is 1.73. The number of aromatic nitrogens is 3. The molecule has 0 atom stereocenters. The third-order valence-electron chi connectivity index (χ3n) is 3.28. The quantitative estimate of drug-likeness (QED) is 0.483. The van der Waals surface area contributed by atoms with Crippen molar-refractivity contribution in [2.75, 3.05) is 11.1 Å². The third-order valence-corrected chi connectivity index (χ3v) is 3.58. The van der Waals surface area contributed by atoms with E-state index in [1.54, 1.807) is 0 Å². The minimum Gasteiger partial charge on any atom is -0.484 e. The summed E-state index contributed by atoms with van der Waals surface area (Å²) in [5.41, 5.74) is 6.08. The number of anilines is 3. The van der Waals surface area contributed by atoms with Gasteiger partial charge in [-0.05, 0) is 30.3 Å². The van der Waals surface area contributed by atoms with E-state index in [4.69, 9.17) is 22.1 Å². The Morgan fingerprint density at radius 1 is 1.19 bits per heavy atom. The molecule has 9 nitrogen and oxygen atoms in total. The van der Waals surface area contributed by atoms with E-state index >= 15 is 0 Å². The average Bonchev–Trinajstić information content (AvgIpc) is 2.62. The fourth-order valence-corrected chi connectivity index (χ4v) is 2.31. The van der Waals surface area contributed by atoms with Gasteiger partial charge in [0.1, 0.15) is 18.2 Å². The fourth-order valence-electron chi connectivity index (χ4n) is 2.08. The predicted molar refractivity (Wildman–Crippen MR) is 96.4 cm³/mol. The number of ether oxygens (including phenoxy) is 1. The van der Waals surface area contributed by atoms with Crippen LogP contribution in [0.5, 0.6) is 5.75 Å². The van der Waals surface area contributed by atoms with Crippen LogP contribution in [0.2, 0.25) is 5.02 Å². The molecule has 0 bridgehead atoms. The van der Waals surface area contributed by atoms with Crippen LogP contribution in [-0.4, -0.2) is 19.9 Å². The van der Waals surface area contributed by atoms with Gasteiger partial charge >= 0.3 is 0 Å². The van der Waals surface area contributed by atoms with Crippen molar-refractivity contribution >= 4 is 34.9 Å². The molecule has 0 aliphatic carbocycles. The Hall–Kier alpha value is -3.53. The summed E-state index contributed by atoms with van der Waals surface area (Å²) in [6.45, 7) is -0.0949. The molecule has 3 aromatic rings. The fraction of sp³-hybridized carbons (Fsp3) is 0.0625. The average molecular weight is 391 g/mol. The van der Waals surface area contributed by atoms with Crippen molar-refractivity contribution < 1.29 is 14.1 Å². The van der Waals surface area contributed by atoms with Crippen LogP contribution in [0.3, 0.4) is 0 Å². The first kappa shape index (κ1) is 18.3. The highest BCUT2D eigenvalue weighted by Gasteiger charge is 2.12. The summed E-state index contributed by atoms with van der Waals surface area (Å²) in [5.74, 6) is 0.186. The Morgan fingerprint density at radius 3 is 2.59 bits per heavy atom. The molecule has 1 heterocycles. The second kappa shape index (κ2) is 7.79. The van der Waals surface area contributed by atoms with Gasteiger partial charge in [-0.1, -0.05) is 11.6 Å². The lowest BCUT2D eigenvalue weighted by atomic mass is 10.3. The lowest BCUT2D eigenvalue weighted by Crippen LogP contribution is -2.09. The van der Waals surface area contributed by atoms with Crippen LogP contribution >= 0.6 is 11.6 Å². The van der Waals surface area contributed by atoms with Gasteiger partial charge in [0.2, 0.25) is 11.9 Å². The number of nitro benzene ring substituents is 1. The molecule has 1 aromatic heterocycles. The molecule has 0 aliphatic heterocycles. The first-order chi connectivity index (χ1) is 12.9. The number of hydrogen-bond donors (Lipinski definition) is 2. The molecule has 2 aromatic carbocycles. The van der Waals surface area contributed by atoms with E-state index in [1.165, 1.54) is 42.5 Å². The van der Waals surface area contributed by atoms with Gasteiger partial charge in [0.15, 0.2) is 5.82 Å². The van der Waals surface area contributed by atoms with Crippen molar-refractivity contribution in [3.63, 3.8) is 0 Å². The summed E-state index contributed by atoms with van der Waals surface area (Å²) in [5, 5.41) is 13.7. The van der Waals surface area contributed by atoms with E-state index in [2.05, 4.69) is 20.3 Å². The van der Waals surface area contributed by atoms with Crippen molar-refractivity contribution in [3.05, 3.63) is 69.2 Å². The van der Waals surface area contributed by atoms with Crippen molar-refractivity contribution in [1.82, 2.24) is 15.0 Å². The van der Waals surface area contributed by atoms with Crippen molar-refractivity contribution in [1.29, 1.82) is 0 Å². The van der Waals surface area contributed by atoms with E-state index in [0.717, 1.165) is 0 Å². The molecule has 0 saturated heterocycles. The SMILES string of the molecule is Nc1nc(COc2ccc([N+](=O)[O-])cc2Cl)nc(Nc2ccc(F)cc2)n1. The minimum absolute atomic E-state index is 0.0389. The lowest BCUT2D eigenvalue weighted by Gasteiger charge is -2.09. The van der Waals surface area contributed by atoms with Gasteiger partial charge in [-0.15, -0.1) is 0 Å². The van der Waals surface area contributed by atoms with Gasteiger partial charge in [0.25, 0.3) is 5.69 Å². The maximum atomic E-state index is 13.0. The van der Waals surface area contributed by atoms with Crippen LogP contribution in [0, 0.1) is 15.9 Å². The number of nitrogens with one attached hydrogen (secondary N) is 1.